The quantitative estimate of drug-likeness (QED) is 0.0504. The third kappa shape index (κ3) is 32.4. The van der Waals surface area contributed by atoms with Crippen molar-refractivity contribution in [2.24, 2.45) is 0 Å². The molecule has 0 aliphatic carbocycles. The second kappa shape index (κ2) is 34.1. The average molecular weight is 601 g/mol. The molecule has 1 N–H and O–H groups in total. The molecule has 1 atom stereocenters. The van der Waals surface area contributed by atoms with Gasteiger partial charge in [-0.1, -0.05) is 145 Å². The predicted molar refractivity (Wildman–Crippen MR) is 182 cm³/mol. The van der Waals surface area contributed by atoms with E-state index in [1.54, 1.807) is 0 Å². The van der Waals surface area contributed by atoms with Crippen molar-refractivity contribution in [3.05, 3.63) is 60.8 Å². The number of aliphatic hydroxyl groups excluding tert-OH is 1. The topological polar surface area (TPSA) is 72.8 Å². The summed E-state index contributed by atoms with van der Waals surface area (Å²) in [7, 11) is 0. The van der Waals surface area contributed by atoms with E-state index >= 15 is 0 Å². The molecule has 43 heavy (non-hydrogen) atoms. The Morgan fingerprint density at radius 3 is 1.49 bits per heavy atom. The number of carbonyl (C=O) groups is 2. The van der Waals surface area contributed by atoms with Crippen molar-refractivity contribution < 1.29 is 24.2 Å². The van der Waals surface area contributed by atoms with Crippen molar-refractivity contribution in [3.63, 3.8) is 0 Å². The Kier molecular flexibility index (Phi) is 32.2. The average Bonchev–Trinajstić information content (AvgIpc) is 3.01. The summed E-state index contributed by atoms with van der Waals surface area (Å²) in [5, 5.41) is 9.50. The molecule has 0 spiro atoms. The number of unbranched alkanes of at least 4 members (excludes halogenated alkanes) is 12. The second-order valence-corrected chi connectivity index (χ2v) is 11.2. The highest BCUT2D eigenvalue weighted by molar-refractivity contribution is 5.70. The van der Waals surface area contributed by atoms with Crippen LogP contribution in [0.3, 0.4) is 0 Å². The van der Waals surface area contributed by atoms with E-state index in [1.807, 2.05) is 0 Å². The molecule has 0 fully saturated rings. The first-order chi connectivity index (χ1) is 21.1. The van der Waals surface area contributed by atoms with Gasteiger partial charge >= 0.3 is 11.9 Å². The Bertz CT molecular complexity index is 777. The Balaban J connectivity index is 3.71. The molecular weight excluding hydrogens is 536 g/mol. The van der Waals surface area contributed by atoms with Crippen LogP contribution in [0.5, 0.6) is 0 Å². The van der Waals surface area contributed by atoms with E-state index < -0.39 is 6.10 Å². The maximum Gasteiger partial charge on any atom is 0.306 e. The summed E-state index contributed by atoms with van der Waals surface area (Å²) >= 11 is 0. The smallest absolute Gasteiger partial charge is 0.306 e. The van der Waals surface area contributed by atoms with Gasteiger partial charge in [-0.25, -0.2) is 0 Å². The van der Waals surface area contributed by atoms with E-state index in [0.717, 1.165) is 57.8 Å². The van der Waals surface area contributed by atoms with E-state index in [2.05, 4.69) is 74.6 Å². The van der Waals surface area contributed by atoms with Gasteiger partial charge in [-0.05, 0) is 51.4 Å². The van der Waals surface area contributed by atoms with Gasteiger partial charge in [-0.2, -0.15) is 0 Å². The molecule has 0 heterocycles. The minimum absolute atomic E-state index is 0.0960. The molecule has 0 saturated heterocycles. The van der Waals surface area contributed by atoms with Crippen LogP contribution in [0, 0.1) is 0 Å². The molecule has 0 rings (SSSR count). The highest BCUT2D eigenvalue weighted by Crippen LogP contribution is 2.13. The molecular formula is C38H64O5. The Hall–Kier alpha value is -2.40. The van der Waals surface area contributed by atoms with E-state index in [0.29, 0.717) is 19.3 Å². The summed E-state index contributed by atoms with van der Waals surface area (Å²) in [5.74, 6) is -0.664. The van der Waals surface area contributed by atoms with Gasteiger partial charge in [0.05, 0.1) is 6.61 Å². The Labute approximate surface area is 264 Å². The van der Waals surface area contributed by atoms with Crippen LogP contribution in [-0.4, -0.2) is 36.4 Å². The minimum atomic E-state index is -0.792. The van der Waals surface area contributed by atoms with Gasteiger partial charge in [-0.15, -0.1) is 0 Å². The number of aliphatic hydroxyl groups is 1. The number of hydrogen-bond acceptors (Lipinski definition) is 5. The maximum absolute atomic E-state index is 12.1. The van der Waals surface area contributed by atoms with Gasteiger partial charge < -0.3 is 14.6 Å². The van der Waals surface area contributed by atoms with Crippen LogP contribution in [0.15, 0.2) is 60.8 Å². The molecule has 0 amide bonds. The third-order valence-corrected chi connectivity index (χ3v) is 7.08. The SMILES string of the molecule is CCC=CCC=CCC=CCC=CCC=CCCCC(=O)OCC(CO)OC(=O)CCCCCCCCCCCCCC. The molecule has 246 valence electrons. The van der Waals surface area contributed by atoms with E-state index in [1.165, 1.54) is 57.8 Å². The molecule has 0 aromatic rings. The highest BCUT2D eigenvalue weighted by Gasteiger charge is 2.15. The summed E-state index contributed by atoms with van der Waals surface area (Å²) < 4.78 is 10.5. The number of hydrogen-bond donors (Lipinski definition) is 1. The van der Waals surface area contributed by atoms with Crippen LogP contribution in [0.4, 0.5) is 0 Å². The summed E-state index contributed by atoms with van der Waals surface area (Å²) in [6, 6.07) is 0. The Morgan fingerprint density at radius 1 is 0.558 bits per heavy atom. The Morgan fingerprint density at radius 2 is 1.00 bits per heavy atom. The monoisotopic (exact) mass is 600 g/mol. The zero-order chi connectivity index (χ0) is 31.5. The van der Waals surface area contributed by atoms with Crippen molar-refractivity contribution in [2.75, 3.05) is 13.2 Å². The van der Waals surface area contributed by atoms with Crippen LogP contribution < -0.4 is 0 Å². The highest BCUT2D eigenvalue weighted by atomic mass is 16.6. The van der Waals surface area contributed by atoms with Crippen molar-refractivity contribution >= 4 is 11.9 Å². The zero-order valence-corrected chi connectivity index (χ0v) is 27.7. The fourth-order valence-electron chi connectivity index (χ4n) is 4.47. The number of allylic oxidation sites excluding steroid dienone is 10. The fourth-order valence-corrected chi connectivity index (χ4v) is 4.47. The number of rotatable bonds is 30. The first-order valence-electron chi connectivity index (χ1n) is 17.3. The summed E-state index contributed by atoms with van der Waals surface area (Å²) in [4.78, 5) is 24.1. The fraction of sp³-hybridized carbons (Fsp3) is 0.684. The first kappa shape index (κ1) is 40.6. The summed E-state index contributed by atoms with van der Waals surface area (Å²) in [6.45, 7) is 3.95. The van der Waals surface area contributed by atoms with Gasteiger partial charge in [0.1, 0.15) is 6.61 Å². The van der Waals surface area contributed by atoms with Crippen molar-refractivity contribution in [1.82, 2.24) is 0 Å². The maximum atomic E-state index is 12.1. The molecule has 5 heteroatoms. The molecule has 1 unspecified atom stereocenters. The van der Waals surface area contributed by atoms with Crippen LogP contribution in [0.2, 0.25) is 0 Å². The standard InChI is InChI=1S/C38H64O5/c1-3-5-7-9-11-13-15-17-18-19-20-21-23-24-26-28-30-32-37(40)42-35-36(34-39)43-38(41)33-31-29-27-25-22-16-14-12-10-8-6-4-2/h5,7,11,13,17-18,20-21,24,26,36,39H,3-4,6,8-10,12,14-16,19,22-23,25,27-35H2,1-2H3. The van der Waals surface area contributed by atoms with Crippen LogP contribution >= 0.6 is 0 Å². The minimum Gasteiger partial charge on any atom is -0.462 e. The van der Waals surface area contributed by atoms with Crippen LogP contribution in [0.25, 0.3) is 0 Å². The van der Waals surface area contributed by atoms with Crippen molar-refractivity contribution in [2.45, 2.75) is 155 Å². The van der Waals surface area contributed by atoms with E-state index in [-0.39, 0.29) is 25.2 Å². The van der Waals surface area contributed by atoms with Crippen LogP contribution in [-0.2, 0) is 19.1 Å². The normalized spacial score (nSPS) is 12.9. The second-order valence-electron chi connectivity index (χ2n) is 11.2. The van der Waals surface area contributed by atoms with E-state index in [4.69, 9.17) is 9.47 Å². The van der Waals surface area contributed by atoms with Crippen molar-refractivity contribution in [1.29, 1.82) is 0 Å². The van der Waals surface area contributed by atoms with Crippen molar-refractivity contribution in [3.8, 4) is 0 Å². The molecule has 0 aromatic heterocycles. The zero-order valence-electron chi connectivity index (χ0n) is 27.7. The van der Waals surface area contributed by atoms with Crippen LogP contribution in [0.1, 0.15) is 149 Å². The van der Waals surface area contributed by atoms with Gasteiger partial charge in [0, 0.05) is 12.8 Å². The predicted octanol–water partition coefficient (Wildman–Crippen LogP) is 10.4. The molecule has 0 aromatic carbocycles. The lowest BCUT2D eigenvalue weighted by atomic mass is 10.0. The largest absolute Gasteiger partial charge is 0.462 e. The van der Waals surface area contributed by atoms with E-state index in [9.17, 15) is 14.7 Å². The molecule has 0 radical (unpaired) electrons. The third-order valence-electron chi connectivity index (χ3n) is 7.08. The molecule has 0 bridgehead atoms. The number of esters is 2. The lowest BCUT2D eigenvalue weighted by Crippen LogP contribution is -2.28. The molecule has 0 aliphatic rings. The molecule has 0 aliphatic heterocycles. The summed E-state index contributed by atoms with van der Waals surface area (Å²) in [5.41, 5.74) is 0. The van der Waals surface area contributed by atoms with Gasteiger partial charge in [0.25, 0.3) is 0 Å². The van der Waals surface area contributed by atoms with Gasteiger partial charge in [-0.3, -0.25) is 9.59 Å². The lowest BCUT2D eigenvalue weighted by Gasteiger charge is -2.15. The lowest BCUT2D eigenvalue weighted by molar-refractivity contribution is -0.161. The first-order valence-corrected chi connectivity index (χ1v) is 17.3. The number of carbonyl (C=O) groups excluding carboxylic acids is 2. The molecule has 0 saturated carbocycles. The van der Waals surface area contributed by atoms with Gasteiger partial charge in [0.2, 0.25) is 0 Å². The van der Waals surface area contributed by atoms with Gasteiger partial charge in [0.15, 0.2) is 6.10 Å². The molecule has 5 nitrogen and oxygen atoms in total. The summed E-state index contributed by atoms with van der Waals surface area (Å²) in [6.07, 6.45) is 42.8. The number of ether oxygens (including phenoxy) is 2.